The molecule has 2 fully saturated rings. The molecular weight excluding hydrogens is 352 g/mol. The zero-order valence-electron chi connectivity index (χ0n) is 15.6. The number of fused-ring (bicyclic) bond motifs is 2. The minimum atomic E-state index is -0.386. The predicted molar refractivity (Wildman–Crippen MR) is 108 cm³/mol. The summed E-state index contributed by atoms with van der Waals surface area (Å²) in [7, 11) is 0. The van der Waals surface area contributed by atoms with E-state index in [2.05, 4.69) is 4.90 Å². The van der Waals surface area contributed by atoms with Crippen LogP contribution in [0.15, 0.2) is 63.8 Å². The minimum Gasteiger partial charge on any atom is -0.422 e. The third kappa shape index (κ3) is 3.02. The van der Waals surface area contributed by atoms with Crippen LogP contribution in [0.3, 0.4) is 0 Å². The third-order valence-electron chi connectivity index (χ3n) is 5.94. The van der Waals surface area contributed by atoms with E-state index in [1.54, 1.807) is 6.07 Å². The van der Waals surface area contributed by atoms with Gasteiger partial charge in [-0.15, -0.1) is 0 Å². The molecule has 0 aliphatic carbocycles. The molecule has 2 aliphatic rings. The molecule has 142 valence electrons. The molecule has 0 saturated carbocycles. The average Bonchev–Trinajstić information content (AvgIpc) is 3.20. The molecule has 5 nitrogen and oxygen atoms in total. The highest BCUT2D eigenvalue weighted by atomic mass is 16.4. The fraction of sp³-hybridized carbons (Fsp3) is 0.304. The molecule has 28 heavy (non-hydrogen) atoms. The molecular formula is C23H22N2O3. The van der Waals surface area contributed by atoms with Gasteiger partial charge in [0.1, 0.15) is 5.58 Å². The highest BCUT2D eigenvalue weighted by Crippen LogP contribution is 2.25. The molecule has 2 aliphatic heterocycles. The molecule has 3 aromatic rings. The lowest BCUT2D eigenvalue weighted by molar-refractivity contribution is 0.0571. The van der Waals surface area contributed by atoms with E-state index in [0.29, 0.717) is 28.3 Å². The number of piperazine rings is 1. The van der Waals surface area contributed by atoms with Gasteiger partial charge in [0, 0.05) is 36.6 Å². The van der Waals surface area contributed by atoms with Gasteiger partial charge in [0.05, 0.1) is 5.56 Å². The summed E-state index contributed by atoms with van der Waals surface area (Å²) in [5, 5.41) is 0.867. The minimum absolute atomic E-state index is 0.0403. The van der Waals surface area contributed by atoms with Crippen molar-refractivity contribution in [2.45, 2.75) is 18.9 Å². The summed E-state index contributed by atoms with van der Waals surface area (Å²) in [4.78, 5) is 30.0. The monoisotopic (exact) mass is 374 g/mol. The van der Waals surface area contributed by atoms with Crippen LogP contribution < -0.4 is 5.63 Å². The molecule has 5 heteroatoms. The van der Waals surface area contributed by atoms with E-state index >= 15 is 0 Å². The van der Waals surface area contributed by atoms with Crippen molar-refractivity contribution in [1.82, 2.24) is 9.80 Å². The highest BCUT2D eigenvalue weighted by Gasteiger charge is 2.32. The Kier molecular flexibility index (Phi) is 4.24. The van der Waals surface area contributed by atoms with Crippen LogP contribution >= 0.6 is 0 Å². The third-order valence-corrected chi connectivity index (χ3v) is 5.94. The molecule has 0 bridgehead atoms. The van der Waals surface area contributed by atoms with E-state index in [-0.39, 0.29) is 11.5 Å². The van der Waals surface area contributed by atoms with Crippen molar-refractivity contribution < 1.29 is 9.21 Å². The van der Waals surface area contributed by atoms with Gasteiger partial charge in [-0.25, -0.2) is 4.79 Å². The van der Waals surface area contributed by atoms with Gasteiger partial charge in [-0.2, -0.15) is 0 Å². The number of hydrogen-bond acceptors (Lipinski definition) is 4. The van der Waals surface area contributed by atoms with E-state index in [9.17, 15) is 9.59 Å². The molecule has 0 N–H and O–H groups in total. The van der Waals surface area contributed by atoms with Crippen molar-refractivity contribution in [3.05, 3.63) is 70.6 Å². The van der Waals surface area contributed by atoms with Crippen molar-refractivity contribution in [2.24, 2.45) is 0 Å². The van der Waals surface area contributed by atoms with Crippen molar-refractivity contribution in [3.8, 4) is 11.1 Å². The summed E-state index contributed by atoms with van der Waals surface area (Å²) < 4.78 is 5.45. The Morgan fingerprint density at radius 1 is 1.00 bits per heavy atom. The smallest absolute Gasteiger partial charge is 0.344 e. The fourth-order valence-electron chi connectivity index (χ4n) is 4.44. The van der Waals surface area contributed by atoms with Crippen molar-refractivity contribution in [1.29, 1.82) is 0 Å². The lowest BCUT2D eigenvalue weighted by Crippen LogP contribution is -2.52. The maximum atomic E-state index is 13.1. The molecule has 2 saturated heterocycles. The Balaban J connectivity index is 1.46. The molecule has 3 heterocycles. The summed E-state index contributed by atoms with van der Waals surface area (Å²) in [6, 6.07) is 17.1. The average molecular weight is 374 g/mol. The van der Waals surface area contributed by atoms with E-state index in [0.717, 1.165) is 31.6 Å². The molecule has 1 unspecified atom stereocenters. The number of nitrogens with zero attached hydrogens (tertiary/aromatic N) is 2. The van der Waals surface area contributed by atoms with Crippen molar-refractivity contribution in [2.75, 3.05) is 26.2 Å². The molecule has 2 aromatic carbocycles. The summed E-state index contributed by atoms with van der Waals surface area (Å²) in [6.45, 7) is 3.66. The maximum absolute atomic E-state index is 13.1. The molecule has 5 rings (SSSR count). The molecule has 1 aromatic heterocycles. The normalized spacial score (nSPS) is 19.7. The van der Waals surface area contributed by atoms with E-state index in [1.165, 1.54) is 12.8 Å². The zero-order chi connectivity index (χ0) is 19.1. The first-order valence-electron chi connectivity index (χ1n) is 9.86. The van der Waals surface area contributed by atoms with Crippen LogP contribution in [0.2, 0.25) is 0 Å². The lowest BCUT2D eigenvalue weighted by atomic mass is 10.0. The van der Waals surface area contributed by atoms with Gasteiger partial charge in [-0.05, 0) is 49.2 Å². The Labute approximate surface area is 163 Å². The number of para-hydroxylation sites is 1. The van der Waals surface area contributed by atoms with Crippen LogP contribution in [0.5, 0.6) is 0 Å². The first-order valence-corrected chi connectivity index (χ1v) is 9.86. The van der Waals surface area contributed by atoms with Crippen LogP contribution in [0.1, 0.15) is 23.2 Å². The summed E-state index contributed by atoms with van der Waals surface area (Å²) in [6.07, 6.45) is 2.39. The molecule has 0 spiro atoms. The standard InChI is InChI=1S/C23H22N2O3/c26-22(25-12-11-24-10-4-8-19(24)15-25)18-7-3-6-16(13-18)20-14-17-5-1-2-9-21(17)28-23(20)27/h1-3,5-7,9,13-14,19H,4,8,10-12,15H2. The van der Waals surface area contributed by atoms with E-state index < -0.39 is 0 Å². The Hall–Kier alpha value is -2.92. The summed E-state index contributed by atoms with van der Waals surface area (Å²) in [5.41, 5.74) is 2.00. The van der Waals surface area contributed by atoms with Crippen LogP contribution in [0, 0.1) is 0 Å². The van der Waals surface area contributed by atoms with Crippen LogP contribution in [-0.4, -0.2) is 47.9 Å². The molecule has 0 radical (unpaired) electrons. The Morgan fingerprint density at radius 3 is 2.82 bits per heavy atom. The second-order valence-corrected chi connectivity index (χ2v) is 7.65. The fourth-order valence-corrected chi connectivity index (χ4v) is 4.44. The quantitative estimate of drug-likeness (QED) is 0.646. The second-order valence-electron chi connectivity index (χ2n) is 7.65. The summed E-state index contributed by atoms with van der Waals surface area (Å²) in [5.74, 6) is 0.0403. The second kappa shape index (κ2) is 6.91. The van der Waals surface area contributed by atoms with Crippen LogP contribution in [-0.2, 0) is 0 Å². The van der Waals surface area contributed by atoms with Crippen molar-refractivity contribution in [3.63, 3.8) is 0 Å². The van der Waals surface area contributed by atoms with Gasteiger partial charge >= 0.3 is 5.63 Å². The predicted octanol–water partition coefficient (Wildman–Crippen LogP) is 3.38. The van der Waals surface area contributed by atoms with Crippen LogP contribution in [0.4, 0.5) is 0 Å². The maximum Gasteiger partial charge on any atom is 0.344 e. The highest BCUT2D eigenvalue weighted by molar-refractivity contribution is 5.96. The lowest BCUT2D eigenvalue weighted by Gasteiger charge is -2.37. The van der Waals surface area contributed by atoms with Gasteiger partial charge in [0.15, 0.2) is 0 Å². The van der Waals surface area contributed by atoms with E-state index in [1.807, 2.05) is 53.4 Å². The zero-order valence-corrected chi connectivity index (χ0v) is 15.6. The number of amides is 1. The first kappa shape index (κ1) is 17.2. The Bertz CT molecular complexity index is 1100. The number of hydrogen-bond donors (Lipinski definition) is 0. The van der Waals surface area contributed by atoms with Gasteiger partial charge in [0.2, 0.25) is 0 Å². The number of benzene rings is 2. The number of carbonyl (C=O) groups is 1. The van der Waals surface area contributed by atoms with Gasteiger partial charge in [-0.3, -0.25) is 9.69 Å². The van der Waals surface area contributed by atoms with Crippen molar-refractivity contribution >= 4 is 16.9 Å². The van der Waals surface area contributed by atoms with Crippen LogP contribution in [0.25, 0.3) is 22.1 Å². The van der Waals surface area contributed by atoms with Gasteiger partial charge < -0.3 is 9.32 Å². The van der Waals surface area contributed by atoms with Gasteiger partial charge in [0.25, 0.3) is 5.91 Å². The largest absolute Gasteiger partial charge is 0.422 e. The number of carbonyl (C=O) groups excluding carboxylic acids is 1. The Morgan fingerprint density at radius 2 is 1.89 bits per heavy atom. The first-order chi connectivity index (χ1) is 13.7. The SMILES string of the molecule is O=C(c1cccc(-c2cc3ccccc3oc2=O)c1)N1CCN2CCCC2C1. The van der Waals surface area contributed by atoms with Gasteiger partial charge in [-0.1, -0.05) is 30.3 Å². The number of rotatable bonds is 2. The summed E-state index contributed by atoms with van der Waals surface area (Å²) >= 11 is 0. The van der Waals surface area contributed by atoms with E-state index in [4.69, 9.17) is 4.42 Å². The molecule has 1 atom stereocenters. The molecule has 1 amide bonds. The topological polar surface area (TPSA) is 53.8 Å².